The summed E-state index contributed by atoms with van der Waals surface area (Å²) in [7, 11) is 0. The standard InChI is InChI=1S/C25H30N4O4/c1-25(2,3)33-24(32)20(15-7-5-4-6-8-15)14-28-22(30)18-13-19(18)23(31)29-17-11-9-16(10-12-17)21(26)27/h4-12,18-20H,13-14H2,1-3H3,(H3,26,27)(H,28,30)(H,29,31). The van der Waals surface area contributed by atoms with Crippen LogP contribution in [0.1, 0.15) is 44.2 Å². The van der Waals surface area contributed by atoms with Gasteiger partial charge in [0.2, 0.25) is 11.8 Å². The smallest absolute Gasteiger partial charge is 0.315 e. The molecule has 8 nitrogen and oxygen atoms in total. The maximum absolute atomic E-state index is 12.7. The maximum atomic E-state index is 12.7. The molecule has 2 aromatic carbocycles. The zero-order valence-electron chi connectivity index (χ0n) is 19.1. The van der Waals surface area contributed by atoms with E-state index in [1.165, 1.54) is 0 Å². The van der Waals surface area contributed by atoms with Gasteiger partial charge in [-0.25, -0.2) is 0 Å². The van der Waals surface area contributed by atoms with Crippen molar-refractivity contribution in [2.45, 2.75) is 38.7 Å². The summed E-state index contributed by atoms with van der Waals surface area (Å²) in [5, 5.41) is 13.0. The highest BCUT2D eigenvalue weighted by Gasteiger charge is 2.48. The fourth-order valence-corrected chi connectivity index (χ4v) is 3.47. The number of rotatable bonds is 8. The molecular formula is C25H30N4O4. The van der Waals surface area contributed by atoms with Crippen molar-refractivity contribution in [1.29, 1.82) is 5.41 Å². The van der Waals surface area contributed by atoms with Crippen LogP contribution in [-0.4, -0.2) is 35.8 Å². The average molecular weight is 451 g/mol. The molecule has 1 aliphatic rings. The first-order valence-electron chi connectivity index (χ1n) is 10.9. The molecule has 33 heavy (non-hydrogen) atoms. The molecule has 1 saturated carbocycles. The monoisotopic (exact) mass is 450 g/mol. The van der Waals surface area contributed by atoms with Crippen molar-refractivity contribution in [2.24, 2.45) is 17.6 Å². The molecule has 5 N–H and O–H groups in total. The number of anilines is 1. The molecule has 3 rings (SSSR count). The van der Waals surface area contributed by atoms with E-state index in [1.54, 1.807) is 45.0 Å². The lowest BCUT2D eigenvalue weighted by molar-refractivity contribution is -0.156. The van der Waals surface area contributed by atoms with Crippen LogP contribution in [0.4, 0.5) is 5.69 Å². The Hall–Kier alpha value is -3.68. The normalized spacial score (nSPS) is 18.0. The van der Waals surface area contributed by atoms with Crippen molar-refractivity contribution in [3.63, 3.8) is 0 Å². The van der Waals surface area contributed by atoms with Crippen LogP contribution in [0.5, 0.6) is 0 Å². The van der Waals surface area contributed by atoms with Gasteiger partial charge >= 0.3 is 5.97 Å². The Morgan fingerprint density at radius 2 is 1.64 bits per heavy atom. The van der Waals surface area contributed by atoms with E-state index in [4.69, 9.17) is 15.9 Å². The van der Waals surface area contributed by atoms with Gasteiger partial charge in [-0.3, -0.25) is 19.8 Å². The summed E-state index contributed by atoms with van der Waals surface area (Å²) in [6.07, 6.45) is 0.450. The van der Waals surface area contributed by atoms with Gasteiger partial charge in [0.15, 0.2) is 0 Å². The SMILES string of the molecule is CC(C)(C)OC(=O)C(CNC(=O)C1CC1C(=O)Nc1ccc(C(=N)N)cc1)c1ccccc1. The molecular weight excluding hydrogens is 420 g/mol. The van der Waals surface area contributed by atoms with Crippen molar-refractivity contribution in [3.8, 4) is 0 Å². The summed E-state index contributed by atoms with van der Waals surface area (Å²) in [6.45, 7) is 5.49. The van der Waals surface area contributed by atoms with E-state index in [1.807, 2.05) is 30.3 Å². The Morgan fingerprint density at radius 1 is 1.03 bits per heavy atom. The topological polar surface area (TPSA) is 134 Å². The average Bonchev–Trinajstić information content (AvgIpc) is 3.55. The van der Waals surface area contributed by atoms with Crippen LogP contribution in [-0.2, 0) is 19.1 Å². The van der Waals surface area contributed by atoms with Gasteiger partial charge in [-0.2, -0.15) is 0 Å². The van der Waals surface area contributed by atoms with E-state index in [0.29, 0.717) is 17.7 Å². The number of amidine groups is 1. The highest BCUT2D eigenvalue weighted by Crippen LogP contribution is 2.39. The highest BCUT2D eigenvalue weighted by molar-refractivity contribution is 6.00. The van der Waals surface area contributed by atoms with Crippen molar-refractivity contribution in [3.05, 3.63) is 65.7 Å². The number of carbonyl (C=O) groups is 3. The lowest BCUT2D eigenvalue weighted by Gasteiger charge is -2.24. The first-order valence-corrected chi connectivity index (χ1v) is 10.9. The van der Waals surface area contributed by atoms with Gasteiger partial charge in [0.1, 0.15) is 11.4 Å². The Morgan fingerprint density at radius 3 is 2.21 bits per heavy atom. The molecule has 0 aliphatic heterocycles. The fraction of sp³-hybridized carbons (Fsp3) is 0.360. The largest absolute Gasteiger partial charge is 0.459 e. The van der Waals surface area contributed by atoms with E-state index >= 15 is 0 Å². The third kappa shape index (κ3) is 6.65. The lowest BCUT2D eigenvalue weighted by atomic mass is 9.98. The van der Waals surface area contributed by atoms with Crippen molar-refractivity contribution in [2.75, 3.05) is 11.9 Å². The van der Waals surface area contributed by atoms with Crippen LogP contribution in [0.25, 0.3) is 0 Å². The Bertz CT molecular complexity index is 1030. The predicted octanol–water partition coefficient (Wildman–Crippen LogP) is 2.79. The number of nitrogens with one attached hydrogen (secondary N) is 3. The Kier molecular flexibility index (Phi) is 7.16. The van der Waals surface area contributed by atoms with E-state index in [0.717, 1.165) is 5.56 Å². The number of hydrogen-bond acceptors (Lipinski definition) is 5. The van der Waals surface area contributed by atoms with Gasteiger partial charge < -0.3 is 21.1 Å². The molecule has 3 unspecified atom stereocenters. The van der Waals surface area contributed by atoms with Crippen LogP contribution in [0.15, 0.2) is 54.6 Å². The molecule has 0 heterocycles. The van der Waals surface area contributed by atoms with Gasteiger partial charge in [0.25, 0.3) is 0 Å². The van der Waals surface area contributed by atoms with Crippen molar-refractivity contribution in [1.82, 2.24) is 5.32 Å². The molecule has 2 amide bonds. The van der Waals surface area contributed by atoms with E-state index in [2.05, 4.69) is 10.6 Å². The van der Waals surface area contributed by atoms with Crippen LogP contribution >= 0.6 is 0 Å². The van der Waals surface area contributed by atoms with Crippen molar-refractivity contribution >= 4 is 29.3 Å². The molecule has 0 spiro atoms. The molecule has 174 valence electrons. The van der Waals surface area contributed by atoms with Gasteiger partial charge in [-0.15, -0.1) is 0 Å². The van der Waals surface area contributed by atoms with E-state index in [-0.39, 0.29) is 24.2 Å². The number of carbonyl (C=O) groups excluding carboxylic acids is 3. The predicted molar refractivity (Wildman–Crippen MR) is 126 cm³/mol. The number of esters is 1. The number of benzene rings is 2. The molecule has 0 saturated heterocycles. The third-order valence-corrected chi connectivity index (χ3v) is 5.30. The summed E-state index contributed by atoms with van der Waals surface area (Å²) in [4.78, 5) is 37.9. The van der Waals surface area contributed by atoms with Crippen LogP contribution in [0.3, 0.4) is 0 Å². The lowest BCUT2D eigenvalue weighted by Crippen LogP contribution is -2.36. The Labute approximate surface area is 193 Å². The molecule has 3 atom stereocenters. The minimum absolute atomic E-state index is 0.0491. The zero-order chi connectivity index (χ0) is 24.2. The second kappa shape index (κ2) is 9.85. The molecule has 8 heteroatoms. The molecule has 1 fully saturated rings. The summed E-state index contributed by atoms with van der Waals surface area (Å²) >= 11 is 0. The highest BCUT2D eigenvalue weighted by atomic mass is 16.6. The first kappa shape index (κ1) is 24.0. The second-order valence-electron chi connectivity index (χ2n) is 9.17. The Balaban J connectivity index is 1.56. The number of amides is 2. The minimum Gasteiger partial charge on any atom is -0.459 e. The van der Waals surface area contributed by atoms with Crippen molar-refractivity contribution < 1.29 is 19.1 Å². The molecule has 0 aromatic heterocycles. The number of nitrogen functional groups attached to an aromatic ring is 1. The summed E-state index contributed by atoms with van der Waals surface area (Å²) in [6, 6.07) is 15.8. The first-order chi connectivity index (χ1) is 15.5. The summed E-state index contributed by atoms with van der Waals surface area (Å²) in [5.74, 6) is -2.45. The fourth-order valence-electron chi connectivity index (χ4n) is 3.47. The van der Waals surface area contributed by atoms with Gasteiger partial charge in [0, 0.05) is 17.8 Å². The quantitative estimate of drug-likeness (QED) is 0.279. The van der Waals surface area contributed by atoms with E-state index in [9.17, 15) is 14.4 Å². The molecule has 0 bridgehead atoms. The summed E-state index contributed by atoms with van der Waals surface area (Å²) < 4.78 is 5.54. The molecule has 1 aliphatic carbocycles. The van der Waals surface area contributed by atoms with Crippen LogP contribution in [0.2, 0.25) is 0 Å². The number of nitrogens with two attached hydrogens (primary N) is 1. The number of ether oxygens (including phenoxy) is 1. The third-order valence-electron chi connectivity index (χ3n) is 5.30. The van der Waals surface area contributed by atoms with E-state index < -0.39 is 29.3 Å². The molecule has 2 aromatic rings. The summed E-state index contributed by atoms with van der Waals surface area (Å²) in [5.41, 5.74) is 6.68. The van der Waals surface area contributed by atoms with Gasteiger partial charge in [-0.1, -0.05) is 30.3 Å². The number of hydrogen-bond donors (Lipinski definition) is 4. The zero-order valence-corrected chi connectivity index (χ0v) is 19.1. The second-order valence-corrected chi connectivity index (χ2v) is 9.17. The van der Waals surface area contributed by atoms with Gasteiger partial charge in [-0.05, 0) is 57.0 Å². The van der Waals surface area contributed by atoms with Crippen LogP contribution in [0, 0.1) is 17.2 Å². The van der Waals surface area contributed by atoms with Crippen LogP contribution < -0.4 is 16.4 Å². The minimum atomic E-state index is -0.642. The molecule has 0 radical (unpaired) electrons. The maximum Gasteiger partial charge on any atom is 0.315 e. The van der Waals surface area contributed by atoms with Gasteiger partial charge in [0.05, 0.1) is 17.8 Å².